The van der Waals surface area contributed by atoms with Crippen LogP contribution in [0.5, 0.6) is 0 Å². The minimum atomic E-state index is -1.41. The maximum Gasteiger partial charge on any atom is 0.412 e. The molecular formula is C14H20FN3O6. The van der Waals surface area contributed by atoms with Crippen LogP contribution < -0.4 is 11.0 Å². The molecule has 1 fully saturated rings. The van der Waals surface area contributed by atoms with Crippen LogP contribution in [0.1, 0.15) is 32.9 Å². The Labute approximate surface area is 137 Å². The van der Waals surface area contributed by atoms with E-state index in [-0.39, 0.29) is 6.61 Å². The number of unbranched alkanes of at least 4 members (excludes halogenated alkanes) is 1. The van der Waals surface area contributed by atoms with Crippen molar-refractivity contribution in [1.29, 1.82) is 0 Å². The molecule has 4 atom stereocenters. The van der Waals surface area contributed by atoms with Gasteiger partial charge in [0.05, 0.1) is 18.9 Å². The molecule has 1 aromatic heterocycles. The van der Waals surface area contributed by atoms with Crippen LogP contribution in [0.2, 0.25) is 0 Å². The number of ether oxygens (including phenoxy) is 2. The number of nitrogens with zero attached hydrogens (tertiary/aromatic N) is 2. The first kappa shape index (κ1) is 18.3. The number of rotatable bonds is 5. The Balaban J connectivity index is 2.14. The van der Waals surface area contributed by atoms with E-state index in [1.54, 1.807) is 0 Å². The molecule has 2 rings (SSSR count). The summed E-state index contributed by atoms with van der Waals surface area (Å²) in [6.45, 7) is 3.59. The number of aromatic nitrogens is 2. The van der Waals surface area contributed by atoms with E-state index < -0.39 is 48.0 Å². The highest BCUT2D eigenvalue weighted by molar-refractivity contribution is 5.83. The molecule has 10 heteroatoms. The fourth-order valence-electron chi connectivity index (χ4n) is 2.21. The molecule has 1 unspecified atom stereocenters. The maximum absolute atomic E-state index is 14.1. The molecule has 1 aromatic rings. The monoisotopic (exact) mass is 345 g/mol. The fourth-order valence-corrected chi connectivity index (χ4v) is 2.21. The van der Waals surface area contributed by atoms with E-state index in [1.165, 1.54) is 6.92 Å². The number of carbonyl (C=O) groups is 1. The van der Waals surface area contributed by atoms with Gasteiger partial charge >= 0.3 is 11.8 Å². The Morgan fingerprint density at radius 1 is 1.50 bits per heavy atom. The van der Waals surface area contributed by atoms with Crippen molar-refractivity contribution in [2.24, 2.45) is 0 Å². The van der Waals surface area contributed by atoms with Crippen LogP contribution in [0, 0.1) is 5.82 Å². The lowest BCUT2D eigenvalue weighted by Crippen LogP contribution is -2.36. The molecule has 1 saturated heterocycles. The summed E-state index contributed by atoms with van der Waals surface area (Å²) in [4.78, 5) is 26.9. The predicted octanol–water partition coefficient (Wildman–Crippen LogP) is 0.370. The van der Waals surface area contributed by atoms with Gasteiger partial charge in [-0.1, -0.05) is 13.3 Å². The van der Waals surface area contributed by atoms with Crippen molar-refractivity contribution in [1.82, 2.24) is 9.55 Å². The minimum absolute atomic E-state index is 0.166. The Hall–Kier alpha value is -2.04. The molecule has 0 spiro atoms. The number of aliphatic hydroxyl groups excluding tert-OH is 2. The molecular weight excluding hydrogens is 325 g/mol. The zero-order valence-electron chi connectivity index (χ0n) is 13.3. The summed E-state index contributed by atoms with van der Waals surface area (Å²) >= 11 is 0. The van der Waals surface area contributed by atoms with Crippen LogP contribution in [0.25, 0.3) is 0 Å². The van der Waals surface area contributed by atoms with E-state index in [0.717, 1.165) is 17.2 Å². The first-order chi connectivity index (χ1) is 11.3. The Kier molecular flexibility index (Phi) is 5.86. The third-order valence-corrected chi connectivity index (χ3v) is 3.61. The highest BCUT2D eigenvalue weighted by Crippen LogP contribution is 2.28. The third-order valence-electron chi connectivity index (χ3n) is 3.61. The summed E-state index contributed by atoms with van der Waals surface area (Å²) < 4.78 is 24.8. The predicted molar refractivity (Wildman–Crippen MR) is 79.9 cm³/mol. The van der Waals surface area contributed by atoms with E-state index in [9.17, 15) is 24.2 Å². The molecule has 134 valence electrons. The van der Waals surface area contributed by atoms with Crippen LogP contribution >= 0.6 is 0 Å². The van der Waals surface area contributed by atoms with Gasteiger partial charge in [-0.15, -0.1) is 0 Å². The van der Waals surface area contributed by atoms with Gasteiger partial charge in [0.2, 0.25) is 0 Å². The lowest BCUT2D eigenvalue weighted by atomic mass is 10.1. The van der Waals surface area contributed by atoms with Crippen molar-refractivity contribution in [3.8, 4) is 0 Å². The largest absolute Gasteiger partial charge is 0.449 e. The van der Waals surface area contributed by atoms with Gasteiger partial charge < -0.3 is 19.7 Å². The Morgan fingerprint density at radius 2 is 2.21 bits per heavy atom. The van der Waals surface area contributed by atoms with E-state index in [0.29, 0.717) is 6.42 Å². The summed E-state index contributed by atoms with van der Waals surface area (Å²) in [5.41, 5.74) is -0.953. The minimum Gasteiger partial charge on any atom is -0.449 e. The molecule has 9 nitrogen and oxygen atoms in total. The lowest BCUT2D eigenvalue weighted by Gasteiger charge is -2.17. The zero-order valence-corrected chi connectivity index (χ0v) is 13.3. The van der Waals surface area contributed by atoms with E-state index in [2.05, 4.69) is 4.98 Å². The van der Waals surface area contributed by atoms with Gasteiger partial charge in [-0.3, -0.25) is 9.88 Å². The van der Waals surface area contributed by atoms with E-state index in [4.69, 9.17) is 9.47 Å². The highest BCUT2D eigenvalue weighted by atomic mass is 19.1. The molecule has 3 N–H and O–H groups in total. The number of halogens is 1. The fraction of sp³-hybridized carbons (Fsp3) is 0.643. The summed E-state index contributed by atoms with van der Waals surface area (Å²) in [5.74, 6) is -1.59. The molecule has 2 heterocycles. The molecule has 0 saturated carbocycles. The SMILES string of the molecule is CCCCOC(=O)Nc1nc(=O)n([C@H]2O[C@H](C)[C@H](O)C2O)cc1F. The smallest absolute Gasteiger partial charge is 0.412 e. The molecule has 0 aliphatic carbocycles. The second-order valence-electron chi connectivity index (χ2n) is 5.45. The average molecular weight is 345 g/mol. The van der Waals surface area contributed by atoms with Crippen LogP contribution in [0.15, 0.2) is 11.0 Å². The van der Waals surface area contributed by atoms with Gasteiger partial charge in [0.25, 0.3) is 0 Å². The molecule has 1 aliphatic heterocycles. The first-order valence-corrected chi connectivity index (χ1v) is 7.59. The highest BCUT2D eigenvalue weighted by Gasteiger charge is 2.42. The number of hydrogen-bond donors (Lipinski definition) is 3. The molecule has 1 amide bonds. The van der Waals surface area contributed by atoms with Crippen LogP contribution in [-0.2, 0) is 9.47 Å². The lowest BCUT2D eigenvalue weighted by molar-refractivity contribution is -0.0355. The van der Waals surface area contributed by atoms with E-state index >= 15 is 0 Å². The van der Waals surface area contributed by atoms with Crippen molar-refractivity contribution in [2.45, 2.75) is 51.2 Å². The number of hydrogen-bond acceptors (Lipinski definition) is 7. The number of carbonyl (C=O) groups excluding carboxylic acids is 1. The maximum atomic E-state index is 14.1. The summed E-state index contributed by atoms with van der Waals surface area (Å²) in [6.07, 6.45) is -3.32. The Bertz CT molecular complexity index is 652. The second-order valence-corrected chi connectivity index (χ2v) is 5.45. The summed E-state index contributed by atoms with van der Waals surface area (Å²) in [7, 11) is 0. The van der Waals surface area contributed by atoms with Crippen LogP contribution in [0.4, 0.5) is 15.0 Å². The summed E-state index contributed by atoms with van der Waals surface area (Å²) in [6, 6.07) is 0. The van der Waals surface area contributed by atoms with Gasteiger partial charge in [0.1, 0.15) is 12.2 Å². The average Bonchev–Trinajstić information content (AvgIpc) is 2.78. The summed E-state index contributed by atoms with van der Waals surface area (Å²) in [5, 5.41) is 21.6. The third kappa shape index (κ3) is 3.89. The Morgan fingerprint density at radius 3 is 2.79 bits per heavy atom. The standard InChI is InChI=1S/C14H20FN3O6/c1-3-4-5-23-14(22)17-11-8(15)6-18(13(21)16-11)12-10(20)9(19)7(2)24-12/h6-7,9-10,12,19-20H,3-5H2,1-2H3,(H,16,17,21,22)/t7-,9+,10?,12+/m1/s1. The van der Waals surface area contributed by atoms with Gasteiger partial charge in [-0.2, -0.15) is 4.98 Å². The molecule has 1 aliphatic rings. The van der Waals surface area contributed by atoms with Crippen molar-refractivity contribution >= 4 is 11.9 Å². The number of amides is 1. The van der Waals surface area contributed by atoms with Gasteiger partial charge in [0.15, 0.2) is 17.9 Å². The van der Waals surface area contributed by atoms with Gasteiger partial charge in [-0.05, 0) is 13.3 Å². The molecule has 24 heavy (non-hydrogen) atoms. The van der Waals surface area contributed by atoms with Crippen LogP contribution in [-0.4, -0.2) is 50.8 Å². The van der Waals surface area contributed by atoms with Crippen molar-refractivity contribution in [3.05, 3.63) is 22.5 Å². The van der Waals surface area contributed by atoms with E-state index in [1.807, 2.05) is 12.2 Å². The molecule has 0 bridgehead atoms. The quantitative estimate of drug-likeness (QED) is 0.659. The molecule has 0 radical (unpaired) electrons. The second kappa shape index (κ2) is 7.69. The topological polar surface area (TPSA) is 123 Å². The molecule has 0 aromatic carbocycles. The number of anilines is 1. The van der Waals surface area contributed by atoms with Gasteiger partial charge in [0, 0.05) is 0 Å². The normalized spacial score (nSPS) is 26.4. The first-order valence-electron chi connectivity index (χ1n) is 7.59. The van der Waals surface area contributed by atoms with Crippen LogP contribution in [0.3, 0.4) is 0 Å². The number of nitrogens with one attached hydrogen (secondary N) is 1. The zero-order chi connectivity index (χ0) is 17.9. The van der Waals surface area contributed by atoms with Crippen molar-refractivity contribution in [2.75, 3.05) is 11.9 Å². The van der Waals surface area contributed by atoms with Crippen molar-refractivity contribution in [3.63, 3.8) is 0 Å². The van der Waals surface area contributed by atoms with Gasteiger partial charge in [-0.25, -0.2) is 14.0 Å². The number of aliphatic hydroxyl groups is 2. The van der Waals surface area contributed by atoms with Crippen molar-refractivity contribution < 1.29 is 28.9 Å².